The largest absolute Gasteiger partial charge is 0.481 e. The van der Waals surface area contributed by atoms with E-state index in [-0.39, 0.29) is 43.3 Å². The van der Waals surface area contributed by atoms with Gasteiger partial charge in [0.25, 0.3) is 5.92 Å². The molecule has 5 aromatic rings. The molecule has 0 spiro atoms. The van der Waals surface area contributed by atoms with Crippen LogP contribution >= 0.6 is 19.4 Å². The summed E-state index contributed by atoms with van der Waals surface area (Å²) in [6.45, 7) is -2.41. The van der Waals surface area contributed by atoms with Crippen molar-refractivity contribution in [3.8, 4) is 11.1 Å². The first kappa shape index (κ1) is 67.5. The Bertz CT molecular complexity index is 3680. The van der Waals surface area contributed by atoms with Crippen LogP contribution in [0.5, 0.6) is 0 Å². The predicted molar refractivity (Wildman–Crippen MR) is 280 cm³/mol. The van der Waals surface area contributed by atoms with Crippen molar-refractivity contribution in [1.82, 2.24) is 40.1 Å². The maximum absolute atomic E-state index is 15.9. The number of nitrogens with one attached hydrogen (secondary N) is 2. The van der Waals surface area contributed by atoms with Crippen molar-refractivity contribution in [3.05, 3.63) is 93.0 Å². The van der Waals surface area contributed by atoms with E-state index in [1.54, 1.807) is 0 Å². The second-order valence-corrected chi connectivity index (χ2v) is 26.4. The molecule has 3 atom stereocenters. The third-order valence-corrected chi connectivity index (χ3v) is 17.7. The Kier molecular flexibility index (Phi) is 19.8. The number of ether oxygens (including phenoxy) is 1. The number of hydrogen-bond donors (Lipinski definition) is 5. The summed E-state index contributed by atoms with van der Waals surface area (Å²) < 4.78 is 221. The van der Waals surface area contributed by atoms with Gasteiger partial charge in [0.1, 0.15) is 30.4 Å². The number of phosphoric ester groups is 1. The van der Waals surface area contributed by atoms with Crippen LogP contribution in [0.15, 0.2) is 42.5 Å². The minimum absolute atomic E-state index is 0.0373. The number of carboxylic acids is 1. The molecule has 0 saturated heterocycles. The highest BCUT2D eigenvalue weighted by atomic mass is 35.5. The number of nitrogens with zero attached hydrogens (tertiary/aromatic N) is 7. The maximum Gasteiger partial charge on any atom is 0.472 e. The summed E-state index contributed by atoms with van der Waals surface area (Å²) in [6.07, 6.45) is -12.8. The molecule has 1 aliphatic rings. The topological polar surface area (TPSA) is 312 Å². The number of urea groups is 1. The number of aliphatic carboxylic acids is 1. The molecule has 0 fully saturated rings. The number of carbonyl (C=O) groups excluding carboxylic acids is 3. The smallest absolute Gasteiger partial charge is 0.472 e. The van der Waals surface area contributed by atoms with Crippen molar-refractivity contribution in [1.29, 1.82) is 0 Å². The molecule has 3 aromatic heterocycles. The van der Waals surface area contributed by atoms with Crippen LogP contribution in [0.2, 0.25) is 5.02 Å². The molecule has 5 N–H and O–H groups in total. The zero-order valence-electron chi connectivity index (χ0n) is 45.2. The van der Waals surface area contributed by atoms with Gasteiger partial charge in [0.2, 0.25) is 22.7 Å². The van der Waals surface area contributed by atoms with Crippen molar-refractivity contribution in [3.63, 3.8) is 0 Å². The number of pyridine rings is 1. The number of alkyl carbamates (subject to hydrolysis) is 1. The van der Waals surface area contributed by atoms with Crippen LogP contribution in [-0.2, 0) is 81.3 Å². The second-order valence-electron chi connectivity index (χ2n) is 20.3. The number of rotatable bonds is 23. The van der Waals surface area contributed by atoms with Gasteiger partial charge in [-0.3, -0.25) is 23.9 Å². The maximum atomic E-state index is 15.9. The first-order chi connectivity index (χ1) is 38.9. The molecule has 1 aliphatic carbocycles. The lowest BCUT2D eigenvalue weighted by molar-refractivity contribution is -0.143. The van der Waals surface area contributed by atoms with Crippen LogP contribution in [0.4, 0.5) is 59.3 Å². The molecular formula is C48H53ClF10N9O14PS2. The lowest BCUT2D eigenvalue weighted by atomic mass is 9.93. The summed E-state index contributed by atoms with van der Waals surface area (Å²) in [4.78, 5) is 75.7. The minimum atomic E-state index is -5.31. The van der Waals surface area contributed by atoms with Crippen LogP contribution in [0.25, 0.3) is 22.0 Å². The van der Waals surface area contributed by atoms with Gasteiger partial charge in [-0.25, -0.2) is 44.3 Å². The number of fused-ring (bicyclic) bond motifs is 2. The zero-order valence-corrected chi connectivity index (χ0v) is 48.5. The Morgan fingerprint density at radius 3 is 2.11 bits per heavy atom. The van der Waals surface area contributed by atoms with Gasteiger partial charge in [-0.05, 0) is 68.9 Å². The molecule has 85 heavy (non-hydrogen) atoms. The normalized spacial score (nSPS) is 16.0. The molecule has 2 aromatic carbocycles. The van der Waals surface area contributed by atoms with Crippen molar-refractivity contribution < 1.29 is 109 Å². The zero-order chi connectivity index (χ0) is 63.9. The lowest BCUT2D eigenvalue weighted by Gasteiger charge is -2.28. The standard InChI is InChI=1S/C48H53ClF10N9O14PS2/c1-24-25(2)47(55,56)41-36(24)40(48(57,58)59)63-66(41)21-34(69)62-33(19-26-17-27(50)20-28(51)18-26)38-30(8-7-29(61-38)11-13-45(3,4)84(5,77)78)31-9-10-32(49)37-39(31)67(22-46(52,53)54)64-42(37)68(85(6,79)80)44(73)65(15-12-35(70)71)16-14-60-43(72)81-23-82-83(74,75)76/h7-10,17-18,20,24-25,33H,11-16,19,21-23H2,1-6H3,(H,60,72)(H,62,69)(H,70,71)(H2,74,75,76)/t24-,25+,33-/m0/s1. The van der Waals surface area contributed by atoms with E-state index in [9.17, 15) is 80.8 Å². The second kappa shape index (κ2) is 25.0. The number of benzene rings is 2. The van der Waals surface area contributed by atoms with Gasteiger partial charge < -0.3 is 35.2 Å². The quantitative estimate of drug-likeness (QED) is 0.0235. The Balaban J connectivity index is 1.60. The number of aromatic nitrogens is 5. The highest BCUT2D eigenvalue weighted by molar-refractivity contribution is 7.93. The summed E-state index contributed by atoms with van der Waals surface area (Å²) in [7, 11) is -14.1. The number of sulfonamides is 1. The Labute approximate surface area is 481 Å². The van der Waals surface area contributed by atoms with Gasteiger partial charge in [0.15, 0.2) is 21.3 Å². The molecule has 6 rings (SSSR count). The van der Waals surface area contributed by atoms with E-state index in [0.717, 1.165) is 50.4 Å². The third-order valence-electron chi connectivity index (χ3n) is 13.7. The van der Waals surface area contributed by atoms with Crippen LogP contribution in [-0.4, -0.2) is 135 Å². The summed E-state index contributed by atoms with van der Waals surface area (Å²) in [6, 6.07) is 2.82. The van der Waals surface area contributed by atoms with Gasteiger partial charge >= 0.3 is 38.3 Å². The van der Waals surface area contributed by atoms with Crippen molar-refractivity contribution in [2.75, 3.05) is 43.2 Å². The number of alkyl halides is 8. The van der Waals surface area contributed by atoms with Crippen molar-refractivity contribution in [2.45, 2.75) is 101 Å². The molecule has 0 unspecified atom stereocenters. The lowest BCUT2D eigenvalue weighted by Crippen LogP contribution is -2.49. The summed E-state index contributed by atoms with van der Waals surface area (Å²) in [5.74, 6) is -13.7. The Hall–Kier alpha value is -6.65. The molecule has 0 aliphatic heterocycles. The first-order valence-corrected chi connectivity index (χ1v) is 30.4. The molecule has 0 bridgehead atoms. The summed E-state index contributed by atoms with van der Waals surface area (Å²) >= 11 is 6.71. The number of sulfone groups is 1. The van der Waals surface area contributed by atoms with Crippen molar-refractivity contribution in [2.24, 2.45) is 5.92 Å². The Morgan fingerprint density at radius 2 is 1.54 bits per heavy atom. The predicted octanol–water partition coefficient (Wildman–Crippen LogP) is 7.96. The van der Waals surface area contributed by atoms with Gasteiger partial charge in [-0.2, -0.15) is 49.6 Å². The third kappa shape index (κ3) is 16.1. The molecule has 4 amide bonds. The van der Waals surface area contributed by atoms with E-state index < -0.39 is 207 Å². The van der Waals surface area contributed by atoms with Crippen LogP contribution < -0.4 is 14.9 Å². The van der Waals surface area contributed by atoms with Gasteiger partial charge in [0.05, 0.1) is 45.1 Å². The molecule has 23 nitrogen and oxygen atoms in total. The number of carbonyl (C=O) groups is 4. The number of halogens is 11. The van der Waals surface area contributed by atoms with Gasteiger partial charge in [0, 0.05) is 60.3 Å². The number of aryl methyl sites for hydroxylation is 1. The van der Waals surface area contributed by atoms with E-state index in [2.05, 4.69) is 29.8 Å². The molecule has 0 saturated carbocycles. The van der Waals surface area contributed by atoms with Crippen LogP contribution in [0, 0.1) is 17.6 Å². The van der Waals surface area contributed by atoms with E-state index in [1.807, 2.05) is 5.32 Å². The van der Waals surface area contributed by atoms with Gasteiger partial charge in [-0.15, -0.1) is 0 Å². The van der Waals surface area contributed by atoms with E-state index in [0.29, 0.717) is 17.2 Å². The van der Waals surface area contributed by atoms with E-state index in [4.69, 9.17) is 21.4 Å². The number of anilines is 1. The highest BCUT2D eigenvalue weighted by Crippen LogP contribution is 2.55. The monoisotopic (exact) mass is 1300 g/mol. The summed E-state index contributed by atoms with van der Waals surface area (Å²) in [5.41, 5.74) is -6.29. The Morgan fingerprint density at radius 1 is 0.918 bits per heavy atom. The highest BCUT2D eigenvalue weighted by Gasteiger charge is 2.57. The number of amides is 4. The fourth-order valence-corrected chi connectivity index (χ4v) is 10.9. The van der Waals surface area contributed by atoms with Crippen molar-refractivity contribution >= 4 is 80.0 Å². The molecular weight excluding hydrogens is 1250 g/mol. The molecule has 37 heteroatoms. The number of hydrogen-bond acceptors (Lipinski definition) is 14. The SMILES string of the molecule is C[C@@H]1c2c(C(F)(F)F)nn(CC(=O)N[C@@H](Cc3cc(F)cc(F)c3)c3nc(CCC(C)(C)S(C)(=O)=O)ccc3-c3ccc(Cl)c4c(N(C(=O)N(CCNC(=O)OCOP(=O)(O)O)CCC(=O)O)S(C)(=O)=O)nn(CC(F)(F)F)c34)c2C(F)(F)[C@@H]1C. The number of phosphoric acid groups is 1. The van der Waals surface area contributed by atoms with Crippen LogP contribution in [0.1, 0.15) is 86.4 Å². The van der Waals surface area contributed by atoms with Gasteiger partial charge in [-0.1, -0.05) is 37.6 Å². The average molecular weight is 1300 g/mol. The fourth-order valence-electron chi connectivity index (χ4n) is 9.13. The number of carboxylic acid groups (broad SMARTS) is 1. The average Bonchev–Trinajstić information content (AvgIpc) is 1.62. The summed E-state index contributed by atoms with van der Waals surface area (Å²) in [5, 5.41) is 19.9. The first-order valence-electron chi connectivity index (χ1n) is 24.8. The minimum Gasteiger partial charge on any atom is -0.481 e. The van der Waals surface area contributed by atoms with E-state index in [1.165, 1.54) is 19.9 Å². The molecule has 468 valence electrons. The fraction of sp³-hybridized carbons (Fsp3) is 0.479. The molecule has 0 radical (unpaired) electrons. The van der Waals surface area contributed by atoms with E-state index >= 15 is 8.78 Å². The molecule has 3 heterocycles. The van der Waals surface area contributed by atoms with Crippen LogP contribution in [0.3, 0.4) is 0 Å².